The topological polar surface area (TPSA) is 141 Å². The molecule has 3 atom stereocenters. The second kappa shape index (κ2) is 40.4. The van der Waals surface area contributed by atoms with E-state index < -0.39 is 33.7 Å². The zero-order chi connectivity index (χ0) is 48.0. The van der Waals surface area contributed by atoms with Crippen molar-refractivity contribution in [2.75, 3.05) is 30.6 Å². The number of nitrogens with one attached hydrogen (secondary N) is 1. The molecule has 2 aromatic rings. The molecule has 9 nitrogen and oxygen atoms in total. The van der Waals surface area contributed by atoms with Crippen LogP contribution in [0.4, 0.5) is 0 Å². The van der Waals surface area contributed by atoms with Gasteiger partial charge in [0.1, 0.15) is 15.9 Å². The van der Waals surface area contributed by atoms with E-state index in [0.717, 1.165) is 54.4 Å². The van der Waals surface area contributed by atoms with Crippen LogP contribution in [-0.4, -0.2) is 84.0 Å². The monoisotopic (exact) mass is 891 g/mol. The average molecular weight is 891 g/mol. The van der Waals surface area contributed by atoms with Gasteiger partial charge in [-0.25, -0.2) is 13.2 Å². The molecule has 0 radical (unpaired) electrons. The zero-order valence-corrected chi connectivity index (χ0v) is 42.4. The molecule has 1 aliphatic heterocycles. The third-order valence-corrected chi connectivity index (χ3v) is 10.1. The number of carboxylic acid groups (broad SMARTS) is 2. The average Bonchev–Trinajstić information content (AvgIpc) is 3.68. The Kier molecular flexibility index (Phi) is 42.4. The van der Waals surface area contributed by atoms with Gasteiger partial charge in [-0.05, 0) is 98.9 Å². The quantitative estimate of drug-likeness (QED) is 0.132. The number of nitrogens with zero attached hydrogens (tertiary/aromatic N) is 1. The summed E-state index contributed by atoms with van der Waals surface area (Å²) in [5.41, 5.74) is 5.85. The molecule has 3 rings (SSSR count). The fourth-order valence-corrected chi connectivity index (χ4v) is 6.80. The maximum atomic E-state index is 13.4. The maximum absolute atomic E-state index is 13.4. The number of likely N-dealkylation sites (tertiary alicyclic amines) is 1. The minimum Gasteiger partial charge on any atom is -0.481 e. The van der Waals surface area contributed by atoms with Gasteiger partial charge in [0.2, 0.25) is 0 Å². The van der Waals surface area contributed by atoms with E-state index in [2.05, 4.69) is 69.6 Å². The molecular formula is C50H86N2O7S2. The van der Waals surface area contributed by atoms with E-state index in [-0.39, 0.29) is 18.1 Å². The number of sulfone groups is 1. The highest BCUT2D eigenvalue weighted by atomic mass is 32.2. The van der Waals surface area contributed by atoms with Gasteiger partial charge < -0.3 is 15.5 Å². The van der Waals surface area contributed by atoms with Crippen molar-refractivity contribution in [2.45, 2.75) is 154 Å². The van der Waals surface area contributed by atoms with E-state index in [9.17, 15) is 27.9 Å². The smallest absolute Gasteiger partial charge is 0.326 e. The van der Waals surface area contributed by atoms with Crippen LogP contribution >= 0.6 is 11.8 Å². The van der Waals surface area contributed by atoms with Crippen molar-refractivity contribution in [1.82, 2.24) is 10.2 Å². The van der Waals surface area contributed by atoms with Crippen LogP contribution < -0.4 is 5.32 Å². The van der Waals surface area contributed by atoms with Crippen molar-refractivity contribution < 1.29 is 33.0 Å². The van der Waals surface area contributed by atoms with Crippen LogP contribution in [0, 0.1) is 12.8 Å². The van der Waals surface area contributed by atoms with E-state index in [1.807, 2.05) is 103 Å². The summed E-state index contributed by atoms with van der Waals surface area (Å²) >= 11 is 1.57. The lowest BCUT2D eigenvalue weighted by atomic mass is 9.93. The van der Waals surface area contributed by atoms with Crippen LogP contribution in [0.3, 0.4) is 0 Å². The summed E-state index contributed by atoms with van der Waals surface area (Å²) in [7, 11) is -3.02. The van der Waals surface area contributed by atoms with Crippen molar-refractivity contribution >= 4 is 39.4 Å². The zero-order valence-electron chi connectivity index (χ0n) is 40.8. The van der Waals surface area contributed by atoms with Gasteiger partial charge in [0.05, 0.1) is 11.7 Å². The second-order valence-electron chi connectivity index (χ2n) is 13.8. The predicted octanol–water partition coefficient (Wildman–Crippen LogP) is 12.7. The first-order chi connectivity index (χ1) is 29.0. The standard InChI is InChI=1S/C32H40N2O3S.C6H12O4S.2C3H8.3C2H6/c1-5-7-12-24(6-2)20-26-13-10-18-34(26)22-25-15-16-28(29(21-25)27-14-9-8-11-23(27)3)31(35)33-30(32(36)37)17-19-38-4;1-5(6(7)8)3-4-11(2,9)10;2*1-3-2;3*1-2/h5-9,11-12,14-16,21,26,30H,1,10,13,17-20,22H2,2-4H3,(H,33,35)(H,36,37);5H,3-4H2,1-2H3,(H,7,8);2*3H2,1-2H3;3*1-2H3/b12-7-,24-6+;;;;;;. The molecule has 3 unspecified atom stereocenters. The van der Waals surface area contributed by atoms with E-state index in [1.54, 1.807) is 11.8 Å². The van der Waals surface area contributed by atoms with Crippen molar-refractivity contribution in [3.05, 3.63) is 95.6 Å². The van der Waals surface area contributed by atoms with Gasteiger partial charge >= 0.3 is 11.9 Å². The second-order valence-corrected chi connectivity index (χ2v) is 17.1. The summed E-state index contributed by atoms with van der Waals surface area (Å²) in [4.78, 5) is 37.9. The number of aryl methyl sites for hydroxylation is 1. The third-order valence-electron chi connectivity index (χ3n) is 8.49. The van der Waals surface area contributed by atoms with Gasteiger partial charge in [0.25, 0.3) is 5.91 Å². The fourth-order valence-electron chi connectivity index (χ4n) is 5.54. The maximum Gasteiger partial charge on any atom is 0.326 e. The molecule has 1 saturated heterocycles. The summed E-state index contributed by atoms with van der Waals surface area (Å²) in [5.74, 6) is -2.28. The summed E-state index contributed by atoms with van der Waals surface area (Å²) in [6, 6.07) is 13.5. The normalized spacial score (nSPS) is 14.1. The van der Waals surface area contributed by atoms with Gasteiger partial charge in [0, 0.05) is 24.4 Å². The number of amides is 1. The lowest BCUT2D eigenvalue weighted by Crippen LogP contribution is -2.41. The number of thioether (sulfide) groups is 1. The highest BCUT2D eigenvalue weighted by Gasteiger charge is 2.26. The molecule has 1 heterocycles. The van der Waals surface area contributed by atoms with Gasteiger partial charge in [-0.2, -0.15) is 11.8 Å². The molecule has 0 bridgehead atoms. The Hall–Kier alpha value is -3.67. The van der Waals surface area contributed by atoms with Crippen LogP contribution in [-0.2, 0) is 26.0 Å². The number of carbonyl (C=O) groups excluding carboxylic acids is 1. The molecule has 11 heteroatoms. The summed E-state index contributed by atoms with van der Waals surface area (Å²) in [6.07, 6.45) is 17.5. The SMILES string of the molecule is C=C/C=C\C(=C/C)CC1CCCN1Cc1ccc(C(=O)NC(CCSC)C(=O)O)c(-c2ccccc2C)c1.CC.CC.CC.CC(CCS(C)(=O)=O)C(=O)O.CCC.CCC. The number of benzene rings is 2. The lowest BCUT2D eigenvalue weighted by molar-refractivity contribution is -0.141. The van der Waals surface area contributed by atoms with Crippen LogP contribution in [0.5, 0.6) is 0 Å². The van der Waals surface area contributed by atoms with Gasteiger partial charge in [-0.15, -0.1) is 0 Å². The van der Waals surface area contributed by atoms with Crippen LogP contribution in [0.1, 0.15) is 150 Å². The van der Waals surface area contributed by atoms with E-state index in [4.69, 9.17) is 5.11 Å². The third kappa shape index (κ3) is 30.1. The Morgan fingerprint density at radius 2 is 1.51 bits per heavy atom. The number of rotatable bonds is 17. The van der Waals surface area contributed by atoms with Gasteiger partial charge in [-0.1, -0.05) is 156 Å². The molecular weight excluding hydrogens is 805 g/mol. The minimum absolute atomic E-state index is 0.0551. The van der Waals surface area contributed by atoms with E-state index in [1.165, 1.54) is 31.8 Å². The molecule has 61 heavy (non-hydrogen) atoms. The highest BCUT2D eigenvalue weighted by molar-refractivity contribution is 7.98. The summed E-state index contributed by atoms with van der Waals surface area (Å²) in [6.45, 7) is 31.7. The molecule has 0 saturated carbocycles. The molecule has 3 N–H and O–H groups in total. The summed E-state index contributed by atoms with van der Waals surface area (Å²) < 4.78 is 21.1. The molecule has 350 valence electrons. The molecule has 2 aromatic carbocycles. The number of allylic oxidation sites excluding steroid dienone is 4. The van der Waals surface area contributed by atoms with Crippen LogP contribution in [0.25, 0.3) is 11.1 Å². The first-order valence-corrected chi connectivity index (χ1v) is 25.8. The first kappa shape index (κ1) is 64.0. The minimum atomic E-state index is -3.02. The molecule has 0 aromatic heterocycles. The van der Waals surface area contributed by atoms with Gasteiger partial charge in [0.15, 0.2) is 0 Å². The van der Waals surface area contributed by atoms with Crippen molar-refractivity contribution in [3.8, 4) is 11.1 Å². The largest absolute Gasteiger partial charge is 0.481 e. The summed E-state index contributed by atoms with van der Waals surface area (Å²) in [5, 5.41) is 20.8. The Bertz CT molecular complexity index is 1640. The molecule has 1 aliphatic rings. The van der Waals surface area contributed by atoms with Crippen LogP contribution in [0.15, 0.2) is 78.9 Å². The number of hydrogen-bond acceptors (Lipinski definition) is 7. The number of aliphatic carboxylic acids is 2. The van der Waals surface area contributed by atoms with Crippen molar-refractivity contribution in [3.63, 3.8) is 0 Å². The highest BCUT2D eigenvalue weighted by Crippen LogP contribution is 2.31. The van der Waals surface area contributed by atoms with Crippen LogP contribution in [0.2, 0.25) is 0 Å². The Morgan fingerprint density at radius 1 is 0.934 bits per heavy atom. The molecule has 0 spiro atoms. The van der Waals surface area contributed by atoms with Gasteiger partial charge in [-0.3, -0.25) is 14.5 Å². The molecule has 0 aliphatic carbocycles. The number of hydrogen-bond donors (Lipinski definition) is 3. The predicted molar refractivity (Wildman–Crippen MR) is 267 cm³/mol. The first-order valence-electron chi connectivity index (χ1n) is 22.3. The van der Waals surface area contributed by atoms with E-state index >= 15 is 0 Å². The van der Waals surface area contributed by atoms with E-state index in [0.29, 0.717) is 23.8 Å². The Morgan fingerprint density at radius 3 is 1.98 bits per heavy atom. The molecule has 1 fully saturated rings. The number of carboxylic acids is 2. The number of carbonyl (C=O) groups is 3. The fraction of sp³-hybridized carbons (Fsp3) is 0.580. The van der Waals surface area contributed by atoms with Crippen molar-refractivity contribution in [1.29, 1.82) is 0 Å². The Balaban J connectivity index is -0.000000587. The lowest BCUT2D eigenvalue weighted by Gasteiger charge is -2.26. The Labute approximate surface area is 377 Å². The molecule has 1 amide bonds. The van der Waals surface area contributed by atoms with Crippen molar-refractivity contribution in [2.24, 2.45) is 5.92 Å².